The molecule has 1 aromatic rings. The van der Waals surface area contributed by atoms with Crippen molar-refractivity contribution in [2.24, 2.45) is 0 Å². The lowest BCUT2D eigenvalue weighted by molar-refractivity contribution is 0.252. The normalized spacial score (nSPS) is 10.1. The summed E-state index contributed by atoms with van der Waals surface area (Å²) < 4.78 is 0. The van der Waals surface area contributed by atoms with Crippen LogP contribution in [0.25, 0.3) is 0 Å². The van der Waals surface area contributed by atoms with Gasteiger partial charge in [-0.3, -0.25) is 0 Å². The van der Waals surface area contributed by atoms with E-state index >= 15 is 0 Å². The van der Waals surface area contributed by atoms with Gasteiger partial charge in [0.05, 0.1) is 0 Å². The van der Waals surface area contributed by atoms with Crippen LogP contribution in [-0.4, -0.2) is 12.6 Å². The van der Waals surface area contributed by atoms with Crippen LogP contribution in [-0.2, 0) is 0 Å². The Morgan fingerprint density at radius 1 is 1.11 bits per heavy atom. The van der Waals surface area contributed by atoms with Gasteiger partial charge in [-0.2, -0.15) is 0 Å². The summed E-state index contributed by atoms with van der Waals surface area (Å²) >= 11 is 4.19. The Morgan fingerprint density at radius 2 is 1.78 bits per heavy atom. The van der Waals surface area contributed by atoms with E-state index in [1.165, 1.54) is 25.7 Å². The van der Waals surface area contributed by atoms with Crippen molar-refractivity contribution in [3.05, 3.63) is 24.3 Å². The molecule has 2 N–H and O–H groups in total. The minimum Gasteiger partial charge on any atom is -0.338 e. The first-order chi connectivity index (χ1) is 8.72. The number of unbranched alkanes of at least 4 members (excludes halogenated alkanes) is 4. The molecule has 3 nitrogen and oxygen atoms in total. The highest BCUT2D eigenvalue weighted by molar-refractivity contribution is 7.80. The predicted molar refractivity (Wildman–Crippen MR) is 79.5 cm³/mol. The van der Waals surface area contributed by atoms with Crippen LogP contribution in [0.4, 0.5) is 10.5 Å². The second-order valence-corrected chi connectivity index (χ2v) is 4.86. The molecule has 0 radical (unpaired) electrons. The summed E-state index contributed by atoms with van der Waals surface area (Å²) in [6.45, 7) is 2.93. The van der Waals surface area contributed by atoms with Gasteiger partial charge >= 0.3 is 6.03 Å². The molecule has 0 saturated carbocycles. The number of carbonyl (C=O) groups excluding carboxylic acids is 1. The van der Waals surface area contributed by atoms with Gasteiger partial charge in [-0.05, 0) is 30.7 Å². The monoisotopic (exact) mass is 266 g/mol. The summed E-state index contributed by atoms with van der Waals surface area (Å²) in [5, 5.41) is 5.64. The van der Waals surface area contributed by atoms with Gasteiger partial charge in [0.15, 0.2) is 0 Å². The second kappa shape index (κ2) is 8.86. The number of rotatable bonds is 7. The lowest BCUT2D eigenvalue weighted by atomic mass is 10.1. The number of thiol groups is 1. The molecule has 0 aliphatic rings. The van der Waals surface area contributed by atoms with Crippen LogP contribution < -0.4 is 10.6 Å². The van der Waals surface area contributed by atoms with E-state index in [0.29, 0.717) is 0 Å². The molecule has 100 valence electrons. The third kappa shape index (κ3) is 6.55. The summed E-state index contributed by atoms with van der Waals surface area (Å²) in [6, 6.07) is 7.23. The molecule has 2 amide bonds. The van der Waals surface area contributed by atoms with E-state index in [0.717, 1.165) is 23.5 Å². The zero-order valence-electron chi connectivity index (χ0n) is 10.9. The largest absolute Gasteiger partial charge is 0.338 e. The lowest BCUT2D eigenvalue weighted by Gasteiger charge is -2.07. The van der Waals surface area contributed by atoms with E-state index in [4.69, 9.17) is 0 Å². The minimum absolute atomic E-state index is 0.141. The van der Waals surface area contributed by atoms with Crippen molar-refractivity contribution in [1.82, 2.24) is 5.32 Å². The molecule has 0 aliphatic heterocycles. The zero-order valence-corrected chi connectivity index (χ0v) is 11.8. The number of anilines is 1. The molecule has 0 aliphatic carbocycles. The molecule has 0 fully saturated rings. The Kier molecular flexibility index (Phi) is 7.34. The quantitative estimate of drug-likeness (QED) is 0.505. The highest BCUT2D eigenvalue weighted by Crippen LogP contribution is 2.11. The first-order valence-electron chi connectivity index (χ1n) is 6.56. The fourth-order valence-electron chi connectivity index (χ4n) is 1.65. The van der Waals surface area contributed by atoms with Crippen molar-refractivity contribution < 1.29 is 4.79 Å². The van der Waals surface area contributed by atoms with Crippen LogP contribution in [0.5, 0.6) is 0 Å². The van der Waals surface area contributed by atoms with E-state index in [9.17, 15) is 4.79 Å². The average Bonchev–Trinajstić information content (AvgIpc) is 2.36. The molecule has 0 bridgehead atoms. The summed E-state index contributed by atoms with van der Waals surface area (Å²) in [4.78, 5) is 12.4. The fourth-order valence-corrected chi connectivity index (χ4v) is 1.80. The van der Waals surface area contributed by atoms with E-state index in [1.54, 1.807) is 0 Å². The molecule has 4 heteroatoms. The van der Waals surface area contributed by atoms with Gasteiger partial charge in [0.25, 0.3) is 0 Å². The minimum atomic E-state index is -0.141. The number of hydrogen-bond acceptors (Lipinski definition) is 2. The standard InChI is InChI=1S/C14H22N2OS/c1-2-3-4-5-6-11-15-14(17)16-12-7-9-13(18)10-8-12/h7-10,18H,2-6,11H2,1H3,(H2,15,16,17). The molecular formula is C14H22N2OS. The van der Waals surface area contributed by atoms with Crippen molar-refractivity contribution in [2.75, 3.05) is 11.9 Å². The van der Waals surface area contributed by atoms with Crippen molar-refractivity contribution in [2.45, 2.75) is 43.9 Å². The van der Waals surface area contributed by atoms with E-state index < -0.39 is 0 Å². The molecule has 18 heavy (non-hydrogen) atoms. The second-order valence-electron chi connectivity index (χ2n) is 4.34. The van der Waals surface area contributed by atoms with Crippen LogP contribution >= 0.6 is 12.6 Å². The predicted octanol–water partition coefficient (Wildman–Crippen LogP) is 4.07. The fraction of sp³-hybridized carbons (Fsp3) is 0.500. The van der Waals surface area contributed by atoms with Crippen molar-refractivity contribution in [3.63, 3.8) is 0 Å². The number of amides is 2. The lowest BCUT2D eigenvalue weighted by Crippen LogP contribution is -2.29. The highest BCUT2D eigenvalue weighted by Gasteiger charge is 2.00. The van der Waals surface area contributed by atoms with Crippen LogP contribution in [0.15, 0.2) is 29.2 Å². The summed E-state index contributed by atoms with van der Waals surface area (Å²) in [5.74, 6) is 0. The number of urea groups is 1. The van der Waals surface area contributed by atoms with Crippen molar-refractivity contribution in [3.8, 4) is 0 Å². The Balaban J connectivity index is 2.12. The number of carbonyl (C=O) groups is 1. The van der Waals surface area contributed by atoms with Crippen LogP contribution in [0, 0.1) is 0 Å². The van der Waals surface area contributed by atoms with Crippen molar-refractivity contribution >= 4 is 24.3 Å². The van der Waals surface area contributed by atoms with Gasteiger partial charge in [-0.15, -0.1) is 12.6 Å². The average molecular weight is 266 g/mol. The van der Waals surface area contributed by atoms with Gasteiger partial charge in [0, 0.05) is 17.1 Å². The first-order valence-corrected chi connectivity index (χ1v) is 7.01. The molecule has 1 aromatic carbocycles. The maximum absolute atomic E-state index is 11.5. The Labute approximate surface area is 115 Å². The van der Waals surface area contributed by atoms with Gasteiger partial charge in [0.2, 0.25) is 0 Å². The zero-order chi connectivity index (χ0) is 13.2. The first kappa shape index (κ1) is 14.9. The van der Waals surface area contributed by atoms with Crippen LogP contribution in [0.1, 0.15) is 39.0 Å². The number of nitrogens with one attached hydrogen (secondary N) is 2. The third-order valence-corrected chi connectivity index (χ3v) is 2.99. The Morgan fingerprint density at radius 3 is 2.44 bits per heavy atom. The van der Waals surface area contributed by atoms with E-state index in [-0.39, 0.29) is 6.03 Å². The Hall–Kier alpha value is -1.16. The smallest absolute Gasteiger partial charge is 0.319 e. The molecule has 0 atom stereocenters. The number of benzene rings is 1. The van der Waals surface area contributed by atoms with E-state index in [1.807, 2.05) is 24.3 Å². The maximum atomic E-state index is 11.5. The topological polar surface area (TPSA) is 41.1 Å². The SMILES string of the molecule is CCCCCCCNC(=O)Nc1ccc(S)cc1. The third-order valence-electron chi connectivity index (χ3n) is 2.69. The highest BCUT2D eigenvalue weighted by atomic mass is 32.1. The maximum Gasteiger partial charge on any atom is 0.319 e. The van der Waals surface area contributed by atoms with Gasteiger partial charge < -0.3 is 10.6 Å². The molecule has 0 unspecified atom stereocenters. The Bertz CT molecular complexity index is 351. The van der Waals surface area contributed by atoms with Gasteiger partial charge in [-0.1, -0.05) is 32.6 Å². The summed E-state index contributed by atoms with van der Waals surface area (Å²) in [5.41, 5.74) is 0.788. The van der Waals surface area contributed by atoms with Crippen molar-refractivity contribution in [1.29, 1.82) is 0 Å². The summed E-state index contributed by atoms with van der Waals surface area (Å²) in [6.07, 6.45) is 6.01. The molecule has 1 rings (SSSR count). The molecular weight excluding hydrogens is 244 g/mol. The van der Waals surface area contributed by atoms with Gasteiger partial charge in [-0.25, -0.2) is 4.79 Å². The van der Waals surface area contributed by atoms with Crippen LogP contribution in [0.2, 0.25) is 0 Å². The molecule has 0 heterocycles. The molecule has 0 spiro atoms. The number of hydrogen-bond donors (Lipinski definition) is 3. The van der Waals surface area contributed by atoms with Crippen LogP contribution in [0.3, 0.4) is 0 Å². The van der Waals surface area contributed by atoms with Gasteiger partial charge in [0.1, 0.15) is 0 Å². The molecule has 0 saturated heterocycles. The molecule has 0 aromatic heterocycles. The van der Waals surface area contributed by atoms with E-state index in [2.05, 4.69) is 30.2 Å². The summed E-state index contributed by atoms with van der Waals surface area (Å²) in [7, 11) is 0.